The van der Waals surface area contributed by atoms with Gasteiger partial charge in [0.25, 0.3) is 0 Å². The van der Waals surface area contributed by atoms with Crippen LogP contribution in [0.15, 0.2) is 12.4 Å². The summed E-state index contributed by atoms with van der Waals surface area (Å²) in [5.74, 6) is 1.40. The summed E-state index contributed by atoms with van der Waals surface area (Å²) in [6, 6.07) is 1.56. The fourth-order valence-corrected chi connectivity index (χ4v) is 2.02. The van der Waals surface area contributed by atoms with E-state index in [1.54, 1.807) is 0 Å². The number of urea groups is 1. The Kier molecular flexibility index (Phi) is 3.87. The summed E-state index contributed by atoms with van der Waals surface area (Å²) in [5.41, 5.74) is -0.269. The smallest absolute Gasteiger partial charge is 0.320 e. The Labute approximate surface area is 113 Å². The first-order chi connectivity index (χ1) is 8.94. The maximum absolute atomic E-state index is 11.8. The van der Waals surface area contributed by atoms with Gasteiger partial charge in [-0.05, 0) is 33.6 Å². The summed E-state index contributed by atoms with van der Waals surface area (Å²) >= 11 is 0. The molecule has 0 spiro atoms. The molecule has 0 unspecified atom stereocenters. The van der Waals surface area contributed by atoms with Gasteiger partial charge < -0.3 is 10.2 Å². The normalized spacial score (nSPS) is 15.4. The summed E-state index contributed by atoms with van der Waals surface area (Å²) in [6.07, 6.45) is 3.87. The van der Waals surface area contributed by atoms with Crippen LogP contribution in [-0.2, 0) is 0 Å². The Morgan fingerprint density at radius 3 is 2.58 bits per heavy atom. The van der Waals surface area contributed by atoms with Crippen LogP contribution in [-0.4, -0.2) is 34.6 Å². The molecule has 2 rings (SSSR count). The van der Waals surface area contributed by atoms with E-state index < -0.39 is 0 Å². The van der Waals surface area contributed by atoms with E-state index in [9.17, 15) is 4.79 Å². The zero-order valence-electron chi connectivity index (χ0n) is 11.7. The Morgan fingerprint density at radius 2 is 1.95 bits per heavy atom. The summed E-state index contributed by atoms with van der Waals surface area (Å²) in [7, 11) is 0. The van der Waals surface area contributed by atoms with Crippen molar-refractivity contribution < 1.29 is 4.79 Å². The van der Waals surface area contributed by atoms with Crippen LogP contribution >= 0.6 is 0 Å². The van der Waals surface area contributed by atoms with E-state index in [2.05, 4.69) is 25.5 Å². The van der Waals surface area contributed by atoms with E-state index in [0.717, 1.165) is 18.9 Å². The van der Waals surface area contributed by atoms with Gasteiger partial charge in [-0.2, -0.15) is 0 Å². The molecule has 1 aliphatic rings. The molecule has 1 aromatic heterocycles. The molecule has 0 saturated carbocycles. The average Bonchev–Trinajstić information content (AvgIpc) is 2.79. The number of anilines is 2. The highest BCUT2D eigenvalue weighted by Gasteiger charge is 2.16. The Balaban J connectivity index is 2.00. The third-order valence-corrected chi connectivity index (χ3v) is 2.81. The zero-order chi connectivity index (χ0) is 13.9. The van der Waals surface area contributed by atoms with Crippen LogP contribution in [0.3, 0.4) is 0 Å². The fraction of sp³-hybridized carbons (Fsp3) is 0.615. The molecule has 2 N–H and O–H groups in total. The van der Waals surface area contributed by atoms with E-state index in [-0.39, 0.29) is 11.6 Å². The van der Waals surface area contributed by atoms with E-state index >= 15 is 0 Å². The molecular formula is C13H21N5O. The second kappa shape index (κ2) is 5.42. The minimum atomic E-state index is -0.269. The Hall–Kier alpha value is -1.85. The molecule has 0 atom stereocenters. The fourth-order valence-electron chi connectivity index (χ4n) is 2.02. The van der Waals surface area contributed by atoms with Crippen LogP contribution in [0, 0.1) is 0 Å². The number of carbonyl (C=O) groups excluding carboxylic acids is 1. The van der Waals surface area contributed by atoms with Crippen molar-refractivity contribution in [3.05, 3.63) is 12.4 Å². The maximum Gasteiger partial charge on any atom is 0.320 e. The monoisotopic (exact) mass is 263 g/mol. The summed E-state index contributed by atoms with van der Waals surface area (Å²) in [5, 5.41) is 5.57. The molecule has 0 aliphatic carbocycles. The SMILES string of the molecule is CC(C)(C)NC(=O)Nc1cc(N2CCCC2)ncn1. The summed E-state index contributed by atoms with van der Waals surface area (Å²) in [4.78, 5) is 22.3. The third-order valence-electron chi connectivity index (χ3n) is 2.81. The lowest BCUT2D eigenvalue weighted by molar-refractivity contribution is 0.243. The number of aromatic nitrogens is 2. The lowest BCUT2D eigenvalue weighted by atomic mass is 10.1. The first-order valence-electron chi connectivity index (χ1n) is 6.60. The van der Waals surface area contributed by atoms with Crippen molar-refractivity contribution in [3.8, 4) is 0 Å². The number of carbonyl (C=O) groups is 1. The van der Waals surface area contributed by atoms with Crippen molar-refractivity contribution in [2.45, 2.75) is 39.2 Å². The highest BCUT2D eigenvalue weighted by Crippen LogP contribution is 2.19. The molecule has 104 valence electrons. The second-order valence-corrected chi connectivity index (χ2v) is 5.78. The molecule has 1 fully saturated rings. The van der Waals surface area contributed by atoms with Gasteiger partial charge in [0.15, 0.2) is 0 Å². The van der Waals surface area contributed by atoms with Gasteiger partial charge in [0.05, 0.1) is 0 Å². The van der Waals surface area contributed by atoms with Crippen LogP contribution in [0.4, 0.5) is 16.4 Å². The van der Waals surface area contributed by atoms with Gasteiger partial charge in [0.1, 0.15) is 18.0 Å². The minimum absolute atomic E-state index is 0.251. The first-order valence-corrected chi connectivity index (χ1v) is 6.60. The van der Waals surface area contributed by atoms with Gasteiger partial charge in [-0.1, -0.05) is 0 Å². The van der Waals surface area contributed by atoms with Crippen molar-refractivity contribution in [1.82, 2.24) is 15.3 Å². The number of hydrogen-bond donors (Lipinski definition) is 2. The lowest BCUT2D eigenvalue weighted by Crippen LogP contribution is -2.43. The highest BCUT2D eigenvalue weighted by molar-refractivity contribution is 5.89. The topological polar surface area (TPSA) is 70.2 Å². The predicted molar refractivity (Wildman–Crippen MR) is 75.4 cm³/mol. The molecule has 0 radical (unpaired) electrons. The number of hydrogen-bond acceptors (Lipinski definition) is 4. The molecule has 1 saturated heterocycles. The zero-order valence-corrected chi connectivity index (χ0v) is 11.7. The quantitative estimate of drug-likeness (QED) is 0.856. The summed E-state index contributed by atoms with van der Waals surface area (Å²) in [6.45, 7) is 7.84. The van der Waals surface area contributed by atoms with Gasteiger partial charge in [-0.15, -0.1) is 0 Å². The highest BCUT2D eigenvalue weighted by atomic mass is 16.2. The summed E-state index contributed by atoms with van der Waals surface area (Å²) < 4.78 is 0. The Bertz CT molecular complexity index is 449. The van der Waals surface area contributed by atoms with Crippen LogP contribution in [0.25, 0.3) is 0 Å². The molecule has 6 heteroatoms. The van der Waals surface area contributed by atoms with E-state index in [1.165, 1.54) is 19.2 Å². The van der Waals surface area contributed by atoms with Gasteiger partial charge in [0.2, 0.25) is 0 Å². The van der Waals surface area contributed by atoms with Crippen LogP contribution in [0.1, 0.15) is 33.6 Å². The van der Waals surface area contributed by atoms with Gasteiger partial charge in [0, 0.05) is 24.7 Å². The van der Waals surface area contributed by atoms with Crippen LogP contribution in [0.5, 0.6) is 0 Å². The van der Waals surface area contributed by atoms with E-state index in [4.69, 9.17) is 0 Å². The van der Waals surface area contributed by atoms with Crippen molar-refractivity contribution in [2.24, 2.45) is 0 Å². The predicted octanol–water partition coefficient (Wildman–Crippen LogP) is 2.00. The average molecular weight is 263 g/mol. The van der Waals surface area contributed by atoms with Gasteiger partial charge >= 0.3 is 6.03 Å². The maximum atomic E-state index is 11.8. The van der Waals surface area contributed by atoms with Crippen molar-refractivity contribution in [1.29, 1.82) is 0 Å². The molecule has 1 aromatic rings. The third kappa shape index (κ3) is 4.08. The molecule has 1 aliphatic heterocycles. The Morgan fingerprint density at radius 1 is 1.26 bits per heavy atom. The second-order valence-electron chi connectivity index (χ2n) is 5.78. The largest absolute Gasteiger partial charge is 0.356 e. The van der Waals surface area contributed by atoms with Crippen LogP contribution < -0.4 is 15.5 Å². The van der Waals surface area contributed by atoms with E-state index in [1.807, 2.05) is 26.8 Å². The first kappa shape index (κ1) is 13.6. The molecule has 2 amide bonds. The number of amides is 2. The number of nitrogens with zero attached hydrogens (tertiary/aromatic N) is 3. The molecule has 0 bridgehead atoms. The number of nitrogens with one attached hydrogen (secondary N) is 2. The molecular weight excluding hydrogens is 242 g/mol. The lowest BCUT2D eigenvalue weighted by Gasteiger charge is -2.21. The van der Waals surface area contributed by atoms with Crippen LogP contribution in [0.2, 0.25) is 0 Å². The molecule has 6 nitrogen and oxygen atoms in total. The minimum Gasteiger partial charge on any atom is -0.356 e. The van der Waals surface area contributed by atoms with E-state index in [0.29, 0.717) is 5.82 Å². The number of rotatable bonds is 2. The standard InChI is InChI=1S/C13H21N5O/c1-13(2,3)17-12(19)16-10-8-11(15-9-14-10)18-6-4-5-7-18/h8-9H,4-7H2,1-3H3,(H2,14,15,16,17,19). The van der Waals surface area contributed by atoms with Crippen molar-refractivity contribution in [2.75, 3.05) is 23.3 Å². The van der Waals surface area contributed by atoms with Crippen molar-refractivity contribution >= 4 is 17.7 Å². The molecule has 19 heavy (non-hydrogen) atoms. The van der Waals surface area contributed by atoms with Gasteiger partial charge in [-0.25, -0.2) is 14.8 Å². The van der Waals surface area contributed by atoms with Crippen molar-refractivity contribution in [3.63, 3.8) is 0 Å². The van der Waals surface area contributed by atoms with Gasteiger partial charge in [-0.3, -0.25) is 5.32 Å². The molecule has 0 aromatic carbocycles. The molecule has 2 heterocycles.